The third-order valence-electron chi connectivity index (χ3n) is 3.76. The van der Waals surface area contributed by atoms with Crippen molar-refractivity contribution in [3.63, 3.8) is 0 Å². The molecule has 94 valence electrons. The number of hydrogen-bond acceptors (Lipinski definition) is 2. The Balaban J connectivity index is 1.78. The van der Waals surface area contributed by atoms with E-state index >= 15 is 0 Å². The zero-order valence-electron chi connectivity index (χ0n) is 10.8. The first-order valence-corrected chi connectivity index (χ1v) is 6.74. The van der Waals surface area contributed by atoms with Crippen LogP contribution < -0.4 is 5.73 Å². The van der Waals surface area contributed by atoms with Crippen LogP contribution in [0.5, 0.6) is 0 Å². The van der Waals surface area contributed by atoms with Gasteiger partial charge in [0.15, 0.2) is 0 Å². The Labute approximate surface area is 105 Å². The van der Waals surface area contributed by atoms with Crippen molar-refractivity contribution in [3.05, 3.63) is 35.9 Å². The summed E-state index contributed by atoms with van der Waals surface area (Å²) >= 11 is 0. The van der Waals surface area contributed by atoms with E-state index in [1.807, 2.05) is 0 Å². The molecule has 0 saturated carbocycles. The van der Waals surface area contributed by atoms with Crippen molar-refractivity contribution < 1.29 is 0 Å². The zero-order chi connectivity index (χ0) is 12.1. The lowest BCUT2D eigenvalue weighted by molar-refractivity contribution is 0.303. The first-order valence-electron chi connectivity index (χ1n) is 6.74. The molecular formula is C15H24N2. The van der Waals surface area contributed by atoms with Crippen LogP contribution in [-0.2, 0) is 6.54 Å². The van der Waals surface area contributed by atoms with E-state index in [9.17, 15) is 0 Å². The highest BCUT2D eigenvalue weighted by molar-refractivity contribution is 5.14. The lowest BCUT2D eigenvalue weighted by atomic mass is 9.95. The SMILES string of the molecule is CC(CN)CC1CCN(Cc2ccccc2)C1. The van der Waals surface area contributed by atoms with Crippen molar-refractivity contribution in [2.75, 3.05) is 19.6 Å². The number of nitrogens with two attached hydrogens (primary N) is 1. The minimum Gasteiger partial charge on any atom is -0.330 e. The highest BCUT2D eigenvalue weighted by Crippen LogP contribution is 2.24. The van der Waals surface area contributed by atoms with Crippen LogP contribution in [0.25, 0.3) is 0 Å². The summed E-state index contributed by atoms with van der Waals surface area (Å²) in [6.45, 7) is 6.69. The molecule has 1 saturated heterocycles. The van der Waals surface area contributed by atoms with Gasteiger partial charge in [-0.05, 0) is 43.3 Å². The molecule has 1 aromatic carbocycles. The molecular weight excluding hydrogens is 208 g/mol. The Kier molecular flexibility index (Phi) is 4.57. The molecule has 1 aliphatic heterocycles. The number of hydrogen-bond donors (Lipinski definition) is 1. The van der Waals surface area contributed by atoms with E-state index in [4.69, 9.17) is 5.73 Å². The van der Waals surface area contributed by atoms with Gasteiger partial charge >= 0.3 is 0 Å². The van der Waals surface area contributed by atoms with Gasteiger partial charge in [0.2, 0.25) is 0 Å². The van der Waals surface area contributed by atoms with Crippen LogP contribution in [-0.4, -0.2) is 24.5 Å². The van der Waals surface area contributed by atoms with Crippen molar-refractivity contribution in [2.45, 2.75) is 26.3 Å². The third-order valence-corrected chi connectivity index (χ3v) is 3.76. The normalized spacial score (nSPS) is 22.8. The minimum absolute atomic E-state index is 0.677. The molecule has 2 nitrogen and oxygen atoms in total. The lowest BCUT2D eigenvalue weighted by Gasteiger charge is -2.17. The number of rotatable bonds is 5. The first kappa shape index (κ1) is 12.6. The molecule has 0 amide bonds. The topological polar surface area (TPSA) is 29.3 Å². The summed E-state index contributed by atoms with van der Waals surface area (Å²) in [6.07, 6.45) is 2.64. The summed E-state index contributed by atoms with van der Waals surface area (Å²) in [6, 6.07) is 10.8. The summed E-state index contributed by atoms with van der Waals surface area (Å²) < 4.78 is 0. The van der Waals surface area contributed by atoms with E-state index in [1.54, 1.807) is 0 Å². The average molecular weight is 232 g/mol. The zero-order valence-corrected chi connectivity index (χ0v) is 10.8. The van der Waals surface area contributed by atoms with Gasteiger partial charge in [0.05, 0.1) is 0 Å². The van der Waals surface area contributed by atoms with Gasteiger partial charge in [-0.2, -0.15) is 0 Å². The second-order valence-corrected chi connectivity index (χ2v) is 5.45. The third kappa shape index (κ3) is 3.83. The maximum absolute atomic E-state index is 5.69. The van der Waals surface area contributed by atoms with E-state index in [2.05, 4.69) is 42.2 Å². The highest BCUT2D eigenvalue weighted by Gasteiger charge is 2.23. The smallest absolute Gasteiger partial charge is 0.0233 e. The van der Waals surface area contributed by atoms with Gasteiger partial charge in [0.1, 0.15) is 0 Å². The van der Waals surface area contributed by atoms with Gasteiger partial charge in [0, 0.05) is 13.1 Å². The number of nitrogens with zero attached hydrogens (tertiary/aromatic N) is 1. The van der Waals surface area contributed by atoms with E-state index in [0.717, 1.165) is 19.0 Å². The fourth-order valence-corrected chi connectivity index (χ4v) is 2.76. The summed E-state index contributed by atoms with van der Waals surface area (Å²) in [5.74, 6) is 1.54. The highest BCUT2D eigenvalue weighted by atomic mass is 15.1. The largest absolute Gasteiger partial charge is 0.330 e. The Bertz CT molecular complexity index is 323. The van der Waals surface area contributed by atoms with Crippen LogP contribution in [0.2, 0.25) is 0 Å². The lowest BCUT2D eigenvalue weighted by Crippen LogP contribution is -2.21. The van der Waals surface area contributed by atoms with Crippen molar-refractivity contribution in [2.24, 2.45) is 17.6 Å². The molecule has 2 unspecified atom stereocenters. The molecule has 0 spiro atoms. The molecule has 2 atom stereocenters. The van der Waals surface area contributed by atoms with Gasteiger partial charge in [-0.3, -0.25) is 4.90 Å². The molecule has 0 aliphatic carbocycles. The molecule has 2 N–H and O–H groups in total. The molecule has 0 aromatic heterocycles. The standard InChI is InChI=1S/C15H24N2/c1-13(10-16)9-15-7-8-17(12-15)11-14-5-3-2-4-6-14/h2-6,13,15H,7-12,16H2,1H3. The minimum atomic E-state index is 0.677. The molecule has 1 aromatic rings. The fourth-order valence-electron chi connectivity index (χ4n) is 2.76. The van der Waals surface area contributed by atoms with Crippen molar-refractivity contribution in [1.82, 2.24) is 4.90 Å². The van der Waals surface area contributed by atoms with E-state index in [-0.39, 0.29) is 0 Å². The summed E-state index contributed by atoms with van der Waals surface area (Å²) in [5, 5.41) is 0. The number of benzene rings is 1. The summed E-state index contributed by atoms with van der Waals surface area (Å²) in [7, 11) is 0. The quantitative estimate of drug-likeness (QED) is 0.845. The van der Waals surface area contributed by atoms with Gasteiger partial charge in [-0.15, -0.1) is 0 Å². The van der Waals surface area contributed by atoms with Crippen molar-refractivity contribution in [3.8, 4) is 0 Å². The van der Waals surface area contributed by atoms with Gasteiger partial charge in [-0.25, -0.2) is 0 Å². The maximum atomic E-state index is 5.69. The molecule has 0 bridgehead atoms. The monoisotopic (exact) mass is 232 g/mol. The average Bonchev–Trinajstić information content (AvgIpc) is 2.77. The molecule has 1 heterocycles. The Morgan fingerprint density at radius 2 is 2.12 bits per heavy atom. The molecule has 1 aliphatic rings. The van der Waals surface area contributed by atoms with Crippen LogP contribution in [0.15, 0.2) is 30.3 Å². The molecule has 2 heteroatoms. The van der Waals surface area contributed by atoms with E-state index in [0.29, 0.717) is 5.92 Å². The molecule has 2 rings (SSSR count). The summed E-state index contributed by atoms with van der Waals surface area (Å²) in [5.41, 5.74) is 7.13. The predicted octanol–water partition coefficient (Wildman–Crippen LogP) is 2.49. The Morgan fingerprint density at radius 3 is 2.82 bits per heavy atom. The maximum Gasteiger partial charge on any atom is 0.0233 e. The molecule has 17 heavy (non-hydrogen) atoms. The molecule has 1 fully saturated rings. The Hall–Kier alpha value is -0.860. The van der Waals surface area contributed by atoms with Gasteiger partial charge < -0.3 is 5.73 Å². The van der Waals surface area contributed by atoms with Crippen LogP contribution in [0.4, 0.5) is 0 Å². The van der Waals surface area contributed by atoms with E-state index < -0.39 is 0 Å². The van der Waals surface area contributed by atoms with Gasteiger partial charge in [-0.1, -0.05) is 37.3 Å². The second-order valence-electron chi connectivity index (χ2n) is 5.45. The first-order chi connectivity index (χ1) is 8.28. The Morgan fingerprint density at radius 1 is 1.35 bits per heavy atom. The fraction of sp³-hybridized carbons (Fsp3) is 0.600. The number of likely N-dealkylation sites (tertiary alicyclic amines) is 1. The van der Waals surface area contributed by atoms with E-state index in [1.165, 1.54) is 31.5 Å². The van der Waals surface area contributed by atoms with Crippen molar-refractivity contribution in [1.29, 1.82) is 0 Å². The summed E-state index contributed by atoms with van der Waals surface area (Å²) in [4.78, 5) is 2.57. The van der Waals surface area contributed by atoms with Crippen LogP contribution in [0.3, 0.4) is 0 Å². The van der Waals surface area contributed by atoms with Crippen molar-refractivity contribution >= 4 is 0 Å². The van der Waals surface area contributed by atoms with Gasteiger partial charge in [0.25, 0.3) is 0 Å². The van der Waals surface area contributed by atoms with Crippen LogP contribution in [0.1, 0.15) is 25.3 Å². The van der Waals surface area contributed by atoms with Crippen LogP contribution in [0, 0.1) is 11.8 Å². The second kappa shape index (κ2) is 6.18. The molecule has 0 radical (unpaired) electrons. The van der Waals surface area contributed by atoms with Crippen LogP contribution >= 0.6 is 0 Å². The predicted molar refractivity (Wildman–Crippen MR) is 72.7 cm³/mol.